The van der Waals surface area contributed by atoms with E-state index in [1.807, 2.05) is 44.2 Å². The van der Waals surface area contributed by atoms with Gasteiger partial charge in [0.15, 0.2) is 0 Å². The molecular weight excluding hydrogens is 536 g/mol. The lowest BCUT2D eigenvalue weighted by atomic mass is 10.0. The number of nitrogens with zero attached hydrogens (tertiary/aromatic N) is 2. The van der Waals surface area contributed by atoms with Crippen LogP contribution < -0.4 is 14.8 Å². The first-order chi connectivity index (χ1) is 19.6. The molecule has 220 valence electrons. The molecule has 1 saturated heterocycles. The molecular formula is C32H42N4O4S. The van der Waals surface area contributed by atoms with E-state index in [9.17, 15) is 13.2 Å². The van der Waals surface area contributed by atoms with Gasteiger partial charge in [0, 0.05) is 43.6 Å². The number of hydrogen-bond donors (Lipinski definition) is 2. The van der Waals surface area contributed by atoms with Crippen LogP contribution in [0.15, 0.2) is 66.7 Å². The molecule has 8 nitrogen and oxygen atoms in total. The number of ether oxygens (including phenoxy) is 1. The second kappa shape index (κ2) is 13.9. The number of likely N-dealkylation sites (tertiary alicyclic amines) is 1. The third-order valence-electron chi connectivity index (χ3n) is 7.45. The summed E-state index contributed by atoms with van der Waals surface area (Å²) in [6.07, 6.45) is 5.08. The summed E-state index contributed by atoms with van der Waals surface area (Å²) in [5.74, 6) is 1.35. The molecule has 3 aromatic carbocycles. The second-order valence-electron chi connectivity index (χ2n) is 10.9. The summed E-state index contributed by atoms with van der Waals surface area (Å²) in [5.41, 5.74) is 4.79. The van der Waals surface area contributed by atoms with Gasteiger partial charge >= 0.3 is 6.03 Å². The van der Waals surface area contributed by atoms with E-state index in [0.29, 0.717) is 11.4 Å². The number of anilines is 2. The van der Waals surface area contributed by atoms with E-state index in [2.05, 4.69) is 38.9 Å². The number of unbranched alkanes of at least 4 members (excludes halogenated alkanes) is 1. The number of urea groups is 1. The predicted octanol–water partition coefficient (Wildman–Crippen LogP) is 6.77. The molecule has 2 amide bonds. The number of nitrogens with one attached hydrogen (secondary N) is 2. The number of amides is 2. The molecule has 1 aliphatic heterocycles. The molecule has 0 atom stereocenters. The summed E-state index contributed by atoms with van der Waals surface area (Å²) in [6, 6.07) is 21.2. The highest BCUT2D eigenvalue weighted by molar-refractivity contribution is 7.92. The Morgan fingerprint density at radius 3 is 2.10 bits per heavy atom. The molecule has 0 bridgehead atoms. The Balaban J connectivity index is 1.29. The van der Waals surface area contributed by atoms with Gasteiger partial charge in [0.25, 0.3) is 0 Å². The molecule has 9 heteroatoms. The van der Waals surface area contributed by atoms with Crippen LogP contribution in [-0.4, -0.2) is 56.2 Å². The number of rotatable bonds is 11. The maximum absolute atomic E-state index is 13.4. The van der Waals surface area contributed by atoms with Gasteiger partial charge in [0.2, 0.25) is 10.0 Å². The highest BCUT2D eigenvalue weighted by Gasteiger charge is 2.28. The molecule has 1 aliphatic rings. The van der Waals surface area contributed by atoms with Gasteiger partial charge in [-0.2, -0.15) is 0 Å². The van der Waals surface area contributed by atoms with Crippen LogP contribution in [0, 0.1) is 13.8 Å². The van der Waals surface area contributed by atoms with Crippen molar-refractivity contribution in [3.05, 3.63) is 83.4 Å². The van der Waals surface area contributed by atoms with Crippen LogP contribution in [0.1, 0.15) is 49.3 Å². The Kier molecular flexibility index (Phi) is 10.3. The number of piperidine rings is 1. The molecule has 0 aliphatic carbocycles. The summed E-state index contributed by atoms with van der Waals surface area (Å²) >= 11 is 0. The van der Waals surface area contributed by atoms with Crippen molar-refractivity contribution >= 4 is 27.4 Å². The molecule has 4 rings (SSSR count). The molecule has 3 aromatic rings. The lowest BCUT2D eigenvalue weighted by Gasteiger charge is -2.38. The van der Waals surface area contributed by atoms with Gasteiger partial charge in [-0.15, -0.1) is 0 Å². The number of aryl methyl sites for hydroxylation is 2. The van der Waals surface area contributed by atoms with Gasteiger partial charge in [-0.05, 0) is 86.2 Å². The number of benzene rings is 3. The topological polar surface area (TPSA) is 91.0 Å². The van der Waals surface area contributed by atoms with Gasteiger partial charge in [-0.25, -0.2) is 13.2 Å². The predicted molar refractivity (Wildman–Crippen MR) is 166 cm³/mol. The smallest absolute Gasteiger partial charge is 0.322 e. The van der Waals surface area contributed by atoms with Gasteiger partial charge < -0.3 is 15.0 Å². The van der Waals surface area contributed by atoms with Crippen molar-refractivity contribution in [2.24, 2.45) is 0 Å². The molecule has 0 spiro atoms. The SMILES string of the molecule is CCCCN(C(=O)Nc1c(C)cccc1C)C1CCN(Cc2ccc(Oc3ccc(NS(C)(=O)=O)cc3)cc2)CC1. The van der Waals surface area contributed by atoms with Crippen LogP contribution in [-0.2, 0) is 16.6 Å². The van der Waals surface area contributed by atoms with E-state index in [0.717, 1.165) is 80.7 Å². The summed E-state index contributed by atoms with van der Waals surface area (Å²) in [4.78, 5) is 17.9. The van der Waals surface area contributed by atoms with Crippen molar-refractivity contribution in [1.82, 2.24) is 9.80 Å². The third kappa shape index (κ3) is 8.96. The minimum Gasteiger partial charge on any atom is -0.457 e. The molecule has 0 unspecified atom stereocenters. The van der Waals surface area contributed by atoms with Crippen LogP contribution in [0.3, 0.4) is 0 Å². The molecule has 0 radical (unpaired) electrons. The fraction of sp³-hybridized carbons (Fsp3) is 0.406. The summed E-state index contributed by atoms with van der Waals surface area (Å²) in [7, 11) is -3.31. The zero-order chi connectivity index (χ0) is 29.4. The largest absolute Gasteiger partial charge is 0.457 e. The van der Waals surface area contributed by atoms with Crippen LogP contribution in [0.25, 0.3) is 0 Å². The van der Waals surface area contributed by atoms with Crippen molar-refractivity contribution in [3.63, 3.8) is 0 Å². The molecule has 1 heterocycles. The first kappa shape index (κ1) is 30.4. The molecule has 41 heavy (non-hydrogen) atoms. The molecule has 0 saturated carbocycles. The van der Waals surface area contributed by atoms with Gasteiger partial charge in [-0.3, -0.25) is 9.62 Å². The number of carbonyl (C=O) groups excluding carboxylic acids is 1. The minimum absolute atomic E-state index is 0.00573. The van der Waals surface area contributed by atoms with Gasteiger partial charge in [-0.1, -0.05) is 43.7 Å². The first-order valence-electron chi connectivity index (χ1n) is 14.3. The van der Waals surface area contributed by atoms with Crippen molar-refractivity contribution in [2.45, 2.75) is 59.0 Å². The Labute approximate surface area is 244 Å². The fourth-order valence-electron chi connectivity index (χ4n) is 5.22. The lowest BCUT2D eigenvalue weighted by Crippen LogP contribution is -2.49. The Morgan fingerprint density at radius 1 is 0.951 bits per heavy atom. The fourth-order valence-corrected chi connectivity index (χ4v) is 5.78. The van der Waals surface area contributed by atoms with E-state index < -0.39 is 10.0 Å². The quantitative estimate of drug-likeness (QED) is 0.262. The van der Waals surface area contributed by atoms with E-state index in [-0.39, 0.29) is 12.1 Å². The van der Waals surface area contributed by atoms with E-state index in [1.54, 1.807) is 24.3 Å². The van der Waals surface area contributed by atoms with Gasteiger partial charge in [0.05, 0.1) is 6.26 Å². The number of para-hydroxylation sites is 1. The zero-order valence-electron chi connectivity index (χ0n) is 24.5. The number of sulfonamides is 1. The summed E-state index contributed by atoms with van der Waals surface area (Å²) in [6.45, 7) is 9.74. The molecule has 1 fully saturated rings. The third-order valence-corrected chi connectivity index (χ3v) is 8.05. The van der Waals surface area contributed by atoms with Crippen LogP contribution in [0.5, 0.6) is 11.5 Å². The average Bonchev–Trinajstić information content (AvgIpc) is 2.93. The zero-order valence-corrected chi connectivity index (χ0v) is 25.3. The normalized spacial score (nSPS) is 14.4. The highest BCUT2D eigenvalue weighted by Crippen LogP contribution is 2.26. The summed E-state index contributed by atoms with van der Waals surface area (Å²) < 4.78 is 31.1. The van der Waals surface area contributed by atoms with Crippen molar-refractivity contribution in [3.8, 4) is 11.5 Å². The van der Waals surface area contributed by atoms with Crippen LogP contribution in [0.4, 0.5) is 16.2 Å². The molecule has 2 N–H and O–H groups in total. The second-order valence-corrected chi connectivity index (χ2v) is 12.6. The molecule has 0 aromatic heterocycles. The maximum Gasteiger partial charge on any atom is 0.322 e. The number of hydrogen-bond acceptors (Lipinski definition) is 5. The van der Waals surface area contributed by atoms with Crippen molar-refractivity contribution in [1.29, 1.82) is 0 Å². The highest BCUT2D eigenvalue weighted by atomic mass is 32.2. The maximum atomic E-state index is 13.4. The Bertz CT molecular complexity index is 1380. The Morgan fingerprint density at radius 2 is 1.54 bits per heavy atom. The Hall–Kier alpha value is -3.56. The van der Waals surface area contributed by atoms with Crippen LogP contribution >= 0.6 is 0 Å². The summed E-state index contributed by atoms with van der Waals surface area (Å²) in [5, 5.41) is 3.20. The monoisotopic (exact) mass is 578 g/mol. The van der Waals surface area contributed by atoms with E-state index in [1.165, 1.54) is 5.56 Å². The van der Waals surface area contributed by atoms with E-state index >= 15 is 0 Å². The van der Waals surface area contributed by atoms with Gasteiger partial charge in [0.1, 0.15) is 11.5 Å². The average molecular weight is 579 g/mol. The van der Waals surface area contributed by atoms with Crippen molar-refractivity contribution in [2.75, 3.05) is 35.9 Å². The number of carbonyl (C=O) groups is 1. The lowest BCUT2D eigenvalue weighted by molar-refractivity contribution is 0.122. The van der Waals surface area contributed by atoms with Crippen molar-refractivity contribution < 1.29 is 17.9 Å². The first-order valence-corrected chi connectivity index (χ1v) is 16.2. The van der Waals surface area contributed by atoms with E-state index in [4.69, 9.17) is 4.74 Å². The standard InChI is InChI=1S/C32H42N4O4S/c1-5-6-20-36(32(37)33-31-24(2)8-7-9-25(31)3)28-18-21-35(22-19-28)23-26-10-14-29(15-11-26)40-30-16-12-27(13-17-30)34-41(4,38)39/h7-17,28,34H,5-6,18-23H2,1-4H3,(H,33,37). The van der Waals surface area contributed by atoms with Crippen LogP contribution in [0.2, 0.25) is 0 Å². The minimum atomic E-state index is -3.31.